The summed E-state index contributed by atoms with van der Waals surface area (Å²) in [4.78, 5) is 11.1. The molecule has 19 heavy (non-hydrogen) atoms. The first-order valence-corrected chi connectivity index (χ1v) is 7.51. The zero-order valence-electron chi connectivity index (χ0n) is 10.5. The van der Waals surface area contributed by atoms with Crippen molar-refractivity contribution in [1.29, 1.82) is 0 Å². The molecule has 0 atom stereocenters. The van der Waals surface area contributed by atoms with Gasteiger partial charge in [-0.25, -0.2) is 8.42 Å². The van der Waals surface area contributed by atoms with Crippen molar-refractivity contribution in [2.45, 2.75) is 23.8 Å². The first kappa shape index (κ1) is 14.0. The van der Waals surface area contributed by atoms with Crippen LogP contribution in [0.4, 0.5) is 0 Å². The normalized spacial score (nSPS) is 18.4. The first-order valence-electron chi connectivity index (χ1n) is 6.07. The van der Waals surface area contributed by atoms with E-state index in [2.05, 4.69) is 0 Å². The quantitative estimate of drug-likeness (QED) is 0.807. The van der Waals surface area contributed by atoms with E-state index in [9.17, 15) is 13.2 Å². The second-order valence-corrected chi connectivity index (χ2v) is 6.57. The number of nitrogens with zero attached hydrogens (tertiary/aromatic N) is 1. The van der Waals surface area contributed by atoms with E-state index in [-0.39, 0.29) is 10.9 Å². The molecule has 104 valence electrons. The van der Waals surface area contributed by atoms with Crippen molar-refractivity contribution in [2.24, 2.45) is 11.5 Å². The number of carbonyl (C=O) groups excluding carboxylic acids is 1. The monoisotopic (exact) mass is 283 g/mol. The Labute approximate surface area is 112 Å². The van der Waals surface area contributed by atoms with E-state index in [0.717, 1.165) is 0 Å². The summed E-state index contributed by atoms with van der Waals surface area (Å²) in [7, 11) is -3.50. The molecule has 0 saturated carbocycles. The molecule has 6 nitrogen and oxygen atoms in total. The molecule has 4 N–H and O–H groups in total. The molecule has 1 fully saturated rings. The number of benzene rings is 1. The average Bonchev–Trinajstić information content (AvgIpc) is 2.39. The number of amides is 1. The third-order valence-electron chi connectivity index (χ3n) is 3.28. The second-order valence-electron chi connectivity index (χ2n) is 4.63. The topological polar surface area (TPSA) is 106 Å². The summed E-state index contributed by atoms with van der Waals surface area (Å²) in [6.07, 6.45) is 1.33. The molecular weight excluding hydrogens is 266 g/mol. The smallest absolute Gasteiger partial charge is 0.248 e. The number of primary amides is 1. The number of carbonyl (C=O) groups is 1. The van der Waals surface area contributed by atoms with Crippen molar-refractivity contribution in [1.82, 2.24) is 4.31 Å². The van der Waals surface area contributed by atoms with E-state index in [0.29, 0.717) is 31.5 Å². The van der Waals surface area contributed by atoms with Gasteiger partial charge in [-0.2, -0.15) is 4.31 Å². The lowest BCUT2D eigenvalue weighted by Gasteiger charge is -2.29. The fourth-order valence-electron chi connectivity index (χ4n) is 2.06. The lowest BCUT2D eigenvalue weighted by Crippen LogP contribution is -2.42. The van der Waals surface area contributed by atoms with E-state index in [1.54, 1.807) is 0 Å². The minimum Gasteiger partial charge on any atom is -0.366 e. The van der Waals surface area contributed by atoms with Crippen LogP contribution in [-0.4, -0.2) is 37.8 Å². The highest BCUT2D eigenvalue weighted by Crippen LogP contribution is 2.20. The number of rotatable bonds is 3. The molecular formula is C12H17N3O3S. The molecule has 2 rings (SSSR count). The Morgan fingerprint density at radius 1 is 1.16 bits per heavy atom. The lowest BCUT2D eigenvalue weighted by molar-refractivity contribution is 0.1000. The molecule has 1 aromatic rings. The van der Waals surface area contributed by atoms with Crippen LogP contribution in [0.3, 0.4) is 0 Å². The minimum atomic E-state index is -3.50. The number of piperidine rings is 1. The molecule has 7 heteroatoms. The van der Waals surface area contributed by atoms with E-state index < -0.39 is 15.9 Å². The van der Waals surface area contributed by atoms with Crippen molar-refractivity contribution in [3.63, 3.8) is 0 Å². The maximum atomic E-state index is 12.3. The van der Waals surface area contributed by atoms with Gasteiger partial charge < -0.3 is 11.5 Å². The molecule has 0 aromatic heterocycles. The molecule has 1 aliphatic rings. The van der Waals surface area contributed by atoms with Crippen LogP contribution in [0.5, 0.6) is 0 Å². The molecule has 0 radical (unpaired) electrons. The van der Waals surface area contributed by atoms with E-state index >= 15 is 0 Å². The van der Waals surface area contributed by atoms with Crippen LogP contribution in [0.25, 0.3) is 0 Å². The van der Waals surface area contributed by atoms with Gasteiger partial charge in [-0.1, -0.05) is 0 Å². The number of hydrogen-bond donors (Lipinski definition) is 2. The zero-order valence-corrected chi connectivity index (χ0v) is 11.3. The van der Waals surface area contributed by atoms with Gasteiger partial charge in [-0.05, 0) is 37.1 Å². The fraction of sp³-hybridized carbons (Fsp3) is 0.417. The standard InChI is InChI=1S/C12H17N3O3S/c13-10-5-7-15(8-6-10)19(17,18)11-3-1-9(2-4-11)12(14)16/h1-4,10H,5-8,13H2,(H2,14,16). The van der Waals surface area contributed by atoms with Crippen molar-refractivity contribution in [3.05, 3.63) is 29.8 Å². The number of sulfonamides is 1. The van der Waals surface area contributed by atoms with Gasteiger partial charge in [0.2, 0.25) is 15.9 Å². The minimum absolute atomic E-state index is 0.0729. The van der Waals surface area contributed by atoms with Gasteiger partial charge in [0.05, 0.1) is 4.90 Å². The average molecular weight is 283 g/mol. The SMILES string of the molecule is NC(=O)c1ccc(S(=O)(=O)N2CCC(N)CC2)cc1. The van der Waals surface area contributed by atoms with Crippen LogP contribution in [0.1, 0.15) is 23.2 Å². The lowest BCUT2D eigenvalue weighted by atomic mass is 10.1. The Morgan fingerprint density at radius 3 is 2.16 bits per heavy atom. The third kappa shape index (κ3) is 2.94. The molecule has 0 unspecified atom stereocenters. The largest absolute Gasteiger partial charge is 0.366 e. The summed E-state index contributed by atoms with van der Waals surface area (Å²) in [6, 6.07) is 5.73. The molecule has 0 spiro atoms. The molecule has 1 aliphatic heterocycles. The highest BCUT2D eigenvalue weighted by atomic mass is 32.2. The summed E-state index contributed by atoms with van der Waals surface area (Å²) in [5.41, 5.74) is 11.2. The Kier molecular flexibility index (Phi) is 3.88. The van der Waals surface area contributed by atoms with Gasteiger partial charge in [-0.3, -0.25) is 4.79 Å². The summed E-state index contributed by atoms with van der Waals surface area (Å²) in [6.45, 7) is 0.863. The third-order valence-corrected chi connectivity index (χ3v) is 5.19. The van der Waals surface area contributed by atoms with Crippen LogP contribution in [0.15, 0.2) is 29.2 Å². The van der Waals surface area contributed by atoms with Gasteiger partial charge in [0.25, 0.3) is 0 Å². The Balaban J connectivity index is 2.22. The van der Waals surface area contributed by atoms with Gasteiger partial charge >= 0.3 is 0 Å². The Morgan fingerprint density at radius 2 is 1.68 bits per heavy atom. The predicted molar refractivity (Wildman–Crippen MR) is 70.9 cm³/mol. The summed E-state index contributed by atoms with van der Waals surface area (Å²) in [5.74, 6) is -0.576. The van der Waals surface area contributed by atoms with Crippen molar-refractivity contribution in [3.8, 4) is 0 Å². The van der Waals surface area contributed by atoms with E-state index in [1.807, 2.05) is 0 Å². The molecule has 1 aromatic carbocycles. The maximum absolute atomic E-state index is 12.3. The van der Waals surface area contributed by atoms with Gasteiger partial charge in [0, 0.05) is 24.7 Å². The summed E-state index contributed by atoms with van der Waals surface area (Å²) in [5, 5.41) is 0. The molecule has 0 aliphatic carbocycles. The van der Waals surface area contributed by atoms with Crippen molar-refractivity contribution in [2.75, 3.05) is 13.1 Å². The highest BCUT2D eigenvalue weighted by Gasteiger charge is 2.28. The van der Waals surface area contributed by atoms with Crippen molar-refractivity contribution >= 4 is 15.9 Å². The van der Waals surface area contributed by atoms with Gasteiger partial charge in [0.1, 0.15) is 0 Å². The number of hydrogen-bond acceptors (Lipinski definition) is 4. The maximum Gasteiger partial charge on any atom is 0.248 e. The first-order chi connectivity index (χ1) is 8.91. The van der Waals surface area contributed by atoms with Crippen LogP contribution in [0, 0.1) is 0 Å². The highest BCUT2D eigenvalue weighted by molar-refractivity contribution is 7.89. The second kappa shape index (κ2) is 5.28. The predicted octanol–water partition coefficient (Wildman–Crippen LogP) is -0.103. The van der Waals surface area contributed by atoms with Gasteiger partial charge in [-0.15, -0.1) is 0 Å². The summed E-state index contributed by atoms with van der Waals surface area (Å²) < 4.78 is 26.1. The molecule has 1 saturated heterocycles. The van der Waals surface area contributed by atoms with Crippen LogP contribution < -0.4 is 11.5 Å². The molecule has 1 heterocycles. The Hall–Kier alpha value is -1.44. The van der Waals surface area contributed by atoms with Crippen molar-refractivity contribution < 1.29 is 13.2 Å². The van der Waals surface area contributed by atoms with Gasteiger partial charge in [0.15, 0.2) is 0 Å². The van der Waals surface area contributed by atoms with Crippen LogP contribution in [0.2, 0.25) is 0 Å². The number of nitrogens with two attached hydrogens (primary N) is 2. The van der Waals surface area contributed by atoms with E-state index in [1.165, 1.54) is 28.6 Å². The fourth-order valence-corrected chi connectivity index (χ4v) is 3.53. The Bertz CT molecular complexity index is 560. The van der Waals surface area contributed by atoms with Crippen LogP contribution in [-0.2, 0) is 10.0 Å². The molecule has 0 bridgehead atoms. The van der Waals surface area contributed by atoms with E-state index in [4.69, 9.17) is 11.5 Å². The summed E-state index contributed by atoms with van der Waals surface area (Å²) >= 11 is 0. The van der Waals surface area contributed by atoms with Crippen LogP contribution >= 0.6 is 0 Å². The zero-order chi connectivity index (χ0) is 14.0. The molecule has 1 amide bonds.